The number of carbonyl (C=O) groups is 1. The summed E-state index contributed by atoms with van der Waals surface area (Å²) < 4.78 is 6.51. The van der Waals surface area contributed by atoms with Gasteiger partial charge in [0.25, 0.3) is 0 Å². The first-order chi connectivity index (χ1) is 2.77. The molecule has 0 heterocycles. The molecule has 0 aromatic rings. The molecule has 0 fully saturated rings. The summed E-state index contributed by atoms with van der Waals surface area (Å²) in [5.74, 6) is 0.102. The minimum Gasteiger partial charge on any atom is -0.300 e. The van der Waals surface area contributed by atoms with Crippen LogP contribution < -0.4 is 0 Å². The van der Waals surface area contributed by atoms with Gasteiger partial charge in [0.05, 0.1) is 0 Å². The van der Waals surface area contributed by atoms with Crippen molar-refractivity contribution in [3.8, 4) is 0 Å². The van der Waals surface area contributed by atoms with Gasteiger partial charge >= 0.3 is 0 Å². The molecule has 30 valence electrons. The van der Waals surface area contributed by atoms with Gasteiger partial charge in [0.15, 0.2) is 0 Å². The van der Waals surface area contributed by atoms with Gasteiger partial charge in [-0.05, 0) is 6.92 Å². The smallest absolute Gasteiger partial charge is 0.129 e. The lowest BCUT2D eigenvalue weighted by molar-refractivity contribution is -0.116. The molecule has 0 saturated heterocycles. The molecule has 0 amide bonds. The molecule has 0 aliphatic heterocycles. The Morgan fingerprint density at radius 3 is 2.80 bits per heavy atom. The second kappa shape index (κ2) is 1.94. The Balaban J connectivity index is 2.83. The Kier molecular flexibility index (Phi) is 1.12. The van der Waals surface area contributed by atoms with Crippen molar-refractivity contribution in [3.63, 3.8) is 0 Å². The van der Waals surface area contributed by atoms with Crippen LogP contribution in [0.25, 0.3) is 0 Å². The van der Waals surface area contributed by atoms with Gasteiger partial charge in [0.1, 0.15) is 5.78 Å². The summed E-state index contributed by atoms with van der Waals surface area (Å²) in [5, 5.41) is 0. The Labute approximate surface area is 33.4 Å². The van der Waals surface area contributed by atoms with Crippen LogP contribution in [0, 0.1) is 0 Å². The molecule has 0 aliphatic rings. The van der Waals surface area contributed by atoms with E-state index in [1.54, 1.807) is 0 Å². The molecule has 0 aliphatic carbocycles. The van der Waals surface area contributed by atoms with Crippen molar-refractivity contribution in [1.29, 1.82) is 0 Å². The standard InChI is InChI=1S/C4H8O/c1-3-4(2)5/h3H2,1-2H3/i1D. The van der Waals surface area contributed by atoms with Gasteiger partial charge in [-0.3, -0.25) is 0 Å². The summed E-state index contributed by atoms with van der Waals surface area (Å²) in [5.41, 5.74) is 0. The summed E-state index contributed by atoms with van der Waals surface area (Å²) in [6.45, 7) is 1.73. The van der Waals surface area contributed by atoms with E-state index in [2.05, 4.69) is 0 Å². The average Bonchev–Trinajstić information content (AvgIpc) is 1.35. The highest BCUT2D eigenvalue weighted by atomic mass is 16.1. The fraction of sp³-hybridized carbons (Fsp3) is 0.750. The third-order valence-electron chi connectivity index (χ3n) is 0.352. The number of hydrogen-bond acceptors (Lipinski definition) is 1. The average molecular weight is 73.1 g/mol. The minimum absolute atomic E-state index is 0.102. The molecule has 5 heavy (non-hydrogen) atoms. The van der Waals surface area contributed by atoms with Gasteiger partial charge in [-0.25, -0.2) is 0 Å². The van der Waals surface area contributed by atoms with E-state index in [4.69, 9.17) is 1.37 Å². The third kappa shape index (κ3) is 3.67. The Hall–Kier alpha value is -0.330. The zero-order chi connectivity index (χ0) is 4.99. The molecule has 0 atom stereocenters. The van der Waals surface area contributed by atoms with Crippen LogP contribution in [0.3, 0.4) is 0 Å². The molecular formula is C4H8O. The van der Waals surface area contributed by atoms with Crippen LogP contribution in [-0.4, -0.2) is 5.78 Å². The van der Waals surface area contributed by atoms with Gasteiger partial charge in [0, 0.05) is 7.79 Å². The fourth-order valence-electron chi connectivity index (χ4n) is 0. The van der Waals surface area contributed by atoms with Crippen molar-refractivity contribution in [1.82, 2.24) is 0 Å². The fourth-order valence-corrected chi connectivity index (χ4v) is 0. The first-order valence-corrected chi connectivity index (χ1v) is 1.56. The topological polar surface area (TPSA) is 17.1 Å². The van der Waals surface area contributed by atoms with E-state index in [-0.39, 0.29) is 12.7 Å². The predicted octanol–water partition coefficient (Wildman–Crippen LogP) is 0.985. The third-order valence-corrected chi connectivity index (χ3v) is 0.352. The molecular weight excluding hydrogens is 64.0 g/mol. The Morgan fingerprint density at radius 1 is 2.20 bits per heavy atom. The lowest BCUT2D eigenvalue weighted by Crippen LogP contribution is -1.80. The number of Topliss-reactive ketones (excluding diaryl/α,β-unsaturated/α-hetero) is 1. The quantitative estimate of drug-likeness (QED) is 0.452. The second-order valence-electron chi connectivity index (χ2n) is 0.952. The molecule has 0 bridgehead atoms. The van der Waals surface area contributed by atoms with Crippen LogP contribution in [0.4, 0.5) is 0 Å². The molecule has 0 aromatic heterocycles. The van der Waals surface area contributed by atoms with Crippen molar-refractivity contribution in [2.24, 2.45) is 0 Å². The summed E-state index contributed by atoms with van der Waals surface area (Å²) in [4.78, 5) is 9.92. The van der Waals surface area contributed by atoms with Crippen molar-refractivity contribution >= 4 is 5.78 Å². The zero-order valence-electron chi connectivity index (χ0n) is 4.32. The molecule has 0 unspecified atom stereocenters. The molecule has 0 N–H and O–H groups in total. The first kappa shape index (κ1) is 2.88. The largest absolute Gasteiger partial charge is 0.300 e. The highest BCUT2D eigenvalue weighted by molar-refractivity contribution is 5.74. The van der Waals surface area contributed by atoms with Crippen LogP contribution in [0.1, 0.15) is 21.6 Å². The predicted molar refractivity (Wildman–Crippen MR) is 21.0 cm³/mol. The summed E-state index contributed by atoms with van der Waals surface area (Å²) in [7, 11) is 0. The van der Waals surface area contributed by atoms with Gasteiger partial charge in [0.2, 0.25) is 0 Å². The summed E-state index contributed by atoms with van der Waals surface area (Å²) in [6.07, 6.45) is 0.403. The molecule has 0 spiro atoms. The minimum atomic E-state index is 0.102. The van der Waals surface area contributed by atoms with E-state index in [0.717, 1.165) is 0 Å². The molecule has 0 aromatic carbocycles. The van der Waals surface area contributed by atoms with Crippen LogP contribution in [-0.2, 0) is 4.79 Å². The van der Waals surface area contributed by atoms with E-state index in [9.17, 15) is 4.79 Å². The highest BCUT2D eigenvalue weighted by Crippen LogP contribution is 1.71. The van der Waals surface area contributed by atoms with Crippen molar-refractivity contribution in [2.45, 2.75) is 20.2 Å². The van der Waals surface area contributed by atoms with E-state index >= 15 is 0 Å². The van der Waals surface area contributed by atoms with Crippen LogP contribution in [0.15, 0.2) is 0 Å². The first-order valence-electron chi connectivity index (χ1n) is 2.26. The maximum Gasteiger partial charge on any atom is 0.129 e. The van der Waals surface area contributed by atoms with Crippen LogP contribution >= 0.6 is 0 Å². The normalized spacial score (nSPS) is 10.2. The zero-order valence-corrected chi connectivity index (χ0v) is 3.32. The number of ketones is 1. The molecule has 1 heteroatoms. The maximum absolute atomic E-state index is 9.92. The molecule has 1 nitrogen and oxygen atoms in total. The molecule has 0 rings (SSSR count). The summed E-state index contributed by atoms with van der Waals surface area (Å²) in [6, 6.07) is 0. The van der Waals surface area contributed by atoms with E-state index in [1.165, 1.54) is 6.92 Å². The monoisotopic (exact) mass is 73.1 g/mol. The highest BCUT2D eigenvalue weighted by Gasteiger charge is 1.76. The molecule has 0 radical (unpaired) electrons. The van der Waals surface area contributed by atoms with E-state index in [0.29, 0.717) is 6.42 Å². The van der Waals surface area contributed by atoms with E-state index in [1.807, 2.05) is 0 Å². The van der Waals surface area contributed by atoms with Gasteiger partial charge < -0.3 is 4.79 Å². The Bertz CT molecular complexity index is 51.5. The van der Waals surface area contributed by atoms with Crippen molar-refractivity contribution in [2.75, 3.05) is 0 Å². The van der Waals surface area contributed by atoms with Crippen LogP contribution in [0.2, 0.25) is 0 Å². The molecule has 0 saturated carbocycles. The second-order valence-corrected chi connectivity index (χ2v) is 0.952. The van der Waals surface area contributed by atoms with Gasteiger partial charge in [-0.2, -0.15) is 0 Å². The number of rotatable bonds is 1. The SMILES string of the molecule is [2H]CCC(C)=O. The number of hydrogen-bond donors (Lipinski definition) is 0. The van der Waals surface area contributed by atoms with Gasteiger partial charge in [-0.15, -0.1) is 0 Å². The summed E-state index contributed by atoms with van der Waals surface area (Å²) >= 11 is 0. The lowest BCUT2D eigenvalue weighted by atomic mass is 10.4. The maximum atomic E-state index is 9.92. The van der Waals surface area contributed by atoms with Crippen molar-refractivity contribution < 1.29 is 6.17 Å². The lowest BCUT2D eigenvalue weighted by Gasteiger charge is -1.71. The van der Waals surface area contributed by atoms with Crippen molar-refractivity contribution in [3.05, 3.63) is 0 Å². The van der Waals surface area contributed by atoms with E-state index < -0.39 is 0 Å². The number of carbonyl (C=O) groups excluding carboxylic acids is 1. The van der Waals surface area contributed by atoms with Crippen LogP contribution in [0.5, 0.6) is 0 Å². The Morgan fingerprint density at radius 2 is 2.80 bits per heavy atom. The van der Waals surface area contributed by atoms with Gasteiger partial charge in [-0.1, -0.05) is 6.90 Å².